The molecule has 1 unspecified atom stereocenters. The van der Waals surface area contributed by atoms with Gasteiger partial charge in [0.15, 0.2) is 0 Å². The number of piperidine rings is 1. The van der Waals surface area contributed by atoms with Gasteiger partial charge < -0.3 is 14.4 Å². The molecule has 0 aliphatic carbocycles. The van der Waals surface area contributed by atoms with E-state index in [2.05, 4.69) is 11.8 Å². The minimum atomic E-state index is -0.354. The summed E-state index contributed by atoms with van der Waals surface area (Å²) in [5, 5.41) is 0. The van der Waals surface area contributed by atoms with Gasteiger partial charge in [0.25, 0.3) is 11.8 Å². The smallest absolute Gasteiger partial charge is 0.282 e. The fourth-order valence-corrected chi connectivity index (χ4v) is 4.51. The number of amides is 2. The molecular weight excluding hydrogens is 404 g/mol. The molecule has 168 valence electrons. The second-order valence-corrected chi connectivity index (χ2v) is 8.70. The average Bonchev–Trinajstić information content (AvgIpc) is 3.03. The standard InChI is InChI=1S/C26H30N2O4/c1-17(2)32-22-14-8-6-12-20(22)28-25(29)23(19-11-5-7-13-21(19)31-4)24(26(28)30)27-15-9-10-18(3)16-27/h5-8,11-14,17-18H,9-10,15-16H2,1-4H3. The predicted octanol–water partition coefficient (Wildman–Crippen LogP) is 4.50. The van der Waals surface area contributed by atoms with Crippen molar-refractivity contribution >= 4 is 23.1 Å². The Morgan fingerprint density at radius 1 is 0.969 bits per heavy atom. The number of anilines is 1. The highest BCUT2D eigenvalue weighted by Crippen LogP contribution is 2.41. The fourth-order valence-electron chi connectivity index (χ4n) is 4.51. The number of nitrogens with zero attached hydrogens (tertiary/aromatic N) is 2. The van der Waals surface area contributed by atoms with E-state index in [1.807, 2.05) is 50.2 Å². The molecule has 6 heteroatoms. The van der Waals surface area contributed by atoms with Crippen LogP contribution in [0.1, 0.15) is 39.2 Å². The van der Waals surface area contributed by atoms with Crippen molar-refractivity contribution in [2.75, 3.05) is 25.1 Å². The molecule has 0 saturated carbocycles. The number of carbonyl (C=O) groups excluding carboxylic acids is 2. The van der Waals surface area contributed by atoms with Crippen molar-refractivity contribution in [1.82, 2.24) is 4.90 Å². The van der Waals surface area contributed by atoms with Crippen LogP contribution in [0.15, 0.2) is 54.2 Å². The van der Waals surface area contributed by atoms with Crippen LogP contribution in [0.5, 0.6) is 11.5 Å². The van der Waals surface area contributed by atoms with Gasteiger partial charge in [-0.15, -0.1) is 0 Å². The first-order chi connectivity index (χ1) is 15.4. The van der Waals surface area contributed by atoms with Crippen molar-refractivity contribution < 1.29 is 19.1 Å². The third-order valence-electron chi connectivity index (χ3n) is 5.88. The Morgan fingerprint density at radius 3 is 2.34 bits per heavy atom. The molecule has 32 heavy (non-hydrogen) atoms. The Morgan fingerprint density at radius 2 is 1.66 bits per heavy atom. The number of rotatable bonds is 6. The zero-order valence-electron chi connectivity index (χ0n) is 19.1. The molecule has 4 rings (SSSR count). The van der Waals surface area contributed by atoms with E-state index in [9.17, 15) is 9.59 Å². The van der Waals surface area contributed by atoms with E-state index in [1.54, 1.807) is 19.2 Å². The second-order valence-electron chi connectivity index (χ2n) is 8.70. The Kier molecular flexibility index (Phi) is 6.21. The van der Waals surface area contributed by atoms with Gasteiger partial charge in [-0.25, -0.2) is 4.90 Å². The van der Waals surface area contributed by atoms with Crippen LogP contribution in [0, 0.1) is 5.92 Å². The van der Waals surface area contributed by atoms with Gasteiger partial charge in [0, 0.05) is 18.7 Å². The summed E-state index contributed by atoms with van der Waals surface area (Å²) < 4.78 is 11.5. The molecule has 0 aromatic heterocycles. The van der Waals surface area contributed by atoms with E-state index >= 15 is 0 Å². The minimum Gasteiger partial charge on any atom is -0.496 e. The first-order valence-corrected chi connectivity index (χ1v) is 11.2. The van der Waals surface area contributed by atoms with E-state index in [-0.39, 0.29) is 17.9 Å². The lowest BCUT2D eigenvalue weighted by Gasteiger charge is -2.33. The summed E-state index contributed by atoms with van der Waals surface area (Å²) in [5.74, 6) is 0.859. The van der Waals surface area contributed by atoms with Crippen LogP contribution in [0.4, 0.5) is 5.69 Å². The lowest BCUT2D eigenvalue weighted by molar-refractivity contribution is -0.120. The SMILES string of the molecule is COc1ccccc1C1=C(N2CCCC(C)C2)C(=O)N(c2ccccc2OC(C)C)C1=O. The van der Waals surface area contributed by atoms with Gasteiger partial charge in [-0.2, -0.15) is 0 Å². The Balaban J connectivity index is 1.86. The van der Waals surface area contributed by atoms with Gasteiger partial charge in [0.05, 0.1) is 24.5 Å². The van der Waals surface area contributed by atoms with Crippen molar-refractivity contribution in [2.45, 2.75) is 39.7 Å². The molecule has 0 bridgehead atoms. The Hall–Kier alpha value is -3.28. The summed E-state index contributed by atoms with van der Waals surface area (Å²) >= 11 is 0. The average molecular weight is 435 g/mol. The molecule has 6 nitrogen and oxygen atoms in total. The number of carbonyl (C=O) groups is 2. The van der Waals surface area contributed by atoms with Gasteiger partial charge >= 0.3 is 0 Å². The molecule has 2 aliphatic heterocycles. The topological polar surface area (TPSA) is 59.1 Å². The van der Waals surface area contributed by atoms with Gasteiger partial charge in [-0.1, -0.05) is 37.3 Å². The molecule has 1 saturated heterocycles. The van der Waals surface area contributed by atoms with E-state index in [0.29, 0.717) is 39.9 Å². The fraction of sp³-hybridized carbons (Fsp3) is 0.385. The van der Waals surface area contributed by atoms with E-state index in [0.717, 1.165) is 25.9 Å². The molecule has 1 fully saturated rings. The summed E-state index contributed by atoms with van der Waals surface area (Å²) in [7, 11) is 1.58. The van der Waals surface area contributed by atoms with E-state index < -0.39 is 0 Å². The van der Waals surface area contributed by atoms with Gasteiger partial charge in [0.2, 0.25) is 0 Å². The van der Waals surface area contributed by atoms with Gasteiger partial charge in [0.1, 0.15) is 17.2 Å². The van der Waals surface area contributed by atoms with Crippen LogP contribution in [0.25, 0.3) is 5.57 Å². The molecule has 1 atom stereocenters. The maximum absolute atomic E-state index is 13.9. The van der Waals surface area contributed by atoms with Crippen LogP contribution in [-0.2, 0) is 9.59 Å². The van der Waals surface area contributed by atoms with Crippen LogP contribution in [0.2, 0.25) is 0 Å². The number of likely N-dealkylation sites (tertiary alicyclic amines) is 1. The molecule has 0 radical (unpaired) electrons. The van der Waals surface area contributed by atoms with Gasteiger partial charge in [-0.05, 0) is 50.8 Å². The summed E-state index contributed by atoms with van der Waals surface area (Å²) in [6.45, 7) is 7.51. The maximum atomic E-state index is 13.9. The zero-order chi connectivity index (χ0) is 22.8. The van der Waals surface area contributed by atoms with Crippen molar-refractivity contribution in [3.05, 3.63) is 59.8 Å². The summed E-state index contributed by atoms with van der Waals surface area (Å²) in [6, 6.07) is 14.6. The number of imide groups is 1. The molecule has 2 heterocycles. The minimum absolute atomic E-state index is 0.0898. The van der Waals surface area contributed by atoms with Crippen LogP contribution in [0.3, 0.4) is 0 Å². The van der Waals surface area contributed by atoms with Gasteiger partial charge in [-0.3, -0.25) is 9.59 Å². The monoisotopic (exact) mass is 434 g/mol. The number of para-hydroxylation sites is 3. The molecule has 0 spiro atoms. The number of ether oxygens (including phenoxy) is 2. The molecule has 2 aromatic carbocycles. The number of benzene rings is 2. The van der Waals surface area contributed by atoms with Crippen LogP contribution >= 0.6 is 0 Å². The predicted molar refractivity (Wildman–Crippen MR) is 125 cm³/mol. The Bertz CT molecular complexity index is 1060. The highest BCUT2D eigenvalue weighted by atomic mass is 16.5. The number of methoxy groups -OCH3 is 1. The zero-order valence-corrected chi connectivity index (χ0v) is 19.1. The van der Waals surface area contributed by atoms with Crippen molar-refractivity contribution in [3.63, 3.8) is 0 Å². The summed E-state index contributed by atoms with van der Waals surface area (Å²) in [4.78, 5) is 31.0. The normalized spacial score (nSPS) is 19.2. The summed E-state index contributed by atoms with van der Waals surface area (Å²) in [6.07, 6.45) is 2.01. The quantitative estimate of drug-likeness (QED) is 0.627. The first-order valence-electron chi connectivity index (χ1n) is 11.2. The van der Waals surface area contributed by atoms with Crippen LogP contribution in [-0.4, -0.2) is 43.0 Å². The van der Waals surface area contributed by atoms with Crippen molar-refractivity contribution in [1.29, 1.82) is 0 Å². The highest BCUT2D eigenvalue weighted by molar-refractivity contribution is 6.46. The van der Waals surface area contributed by atoms with Crippen molar-refractivity contribution in [2.24, 2.45) is 5.92 Å². The molecular formula is C26H30N2O4. The maximum Gasteiger partial charge on any atom is 0.282 e. The van der Waals surface area contributed by atoms with Crippen molar-refractivity contribution in [3.8, 4) is 11.5 Å². The lowest BCUT2D eigenvalue weighted by Crippen LogP contribution is -2.39. The molecule has 2 aliphatic rings. The first kappa shape index (κ1) is 21.9. The Labute approximate surface area is 189 Å². The third-order valence-corrected chi connectivity index (χ3v) is 5.88. The third kappa shape index (κ3) is 3.97. The van der Waals surface area contributed by atoms with E-state index in [4.69, 9.17) is 9.47 Å². The highest BCUT2D eigenvalue weighted by Gasteiger charge is 2.44. The second kappa shape index (κ2) is 9.07. The molecule has 2 amide bonds. The van der Waals surface area contributed by atoms with Crippen LogP contribution < -0.4 is 14.4 Å². The summed E-state index contributed by atoms with van der Waals surface area (Å²) in [5.41, 5.74) is 1.93. The number of hydrogen-bond donors (Lipinski definition) is 0. The molecule has 0 N–H and O–H groups in total. The number of hydrogen-bond acceptors (Lipinski definition) is 5. The molecule has 2 aromatic rings. The largest absolute Gasteiger partial charge is 0.496 e. The van der Waals surface area contributed by atoms with E-state index in [1.165, 1.54) is 4.90 Å². The lowest BCUT2D eigenvalue weighted by atomic mass is 9.97.